The molecule has 0 bridgehead atoms. The van der Waals surface area contributed by atoms with Crippen LogP contribution in [0.5, 0.6) is 0 Å². The second-order valence-corrected chi connectivity index (χ2v) is 6.78. The minimum Gasteiger partial charge on any atom is -0.459 e. The number of hydrogen-bond acceptors (Lipinski definition) is 5. The molecule has 0 N–H and O–H groups in total. The van der Waals surface area contributed by atoms with Crippen LogP contribution in [-0.2, 0) is 16.2 Å². The van der Waals surface area contributed by atoms with Crippen LogP contribution in [0.25, 0.3) is 0 Å². The Morgan fingerprint density at radius 2 is 2.19 bits per heavy atom. The highest BCUT2D eigenvalue weighted by Gasteiger charge is 2.33. The number of amides is 2. The van der Waals surface area contributed by atoms with Crippen molar-refractivity contribution in [3.8, 4) is 0 Å². The van der Waals surface area contributed by atoms with E-state index >= 15 is 0 Å². The second-order valence-electron chi connectivity index (χ2n) is 6.78. The molecule has 1 fully saturated rings. The highest BCUT2D eigenvalue weighted by atomic mass is 16.7. The van der Waals surface area contributed by atoms with E-state index in [0.717, 1.165) is 24.1 Å². The lowest BCUT2D eigenvalue weighted by atomic mass is 10.1. The van der Waals surface area contributed by atoms with Gasteiger partial charge in [-0.25, -0.2) is 5.06 Å². The van der Waals surface area contributed by atoms with Crippen LogP contribution in [0.15, 0.2) is 29.0 Å². The third kappa shape index (κ3) is 3.12. The molecule has 0 aliphatic carbocycles. The Bertz CT molecular complexity index is 806. The molecule has 1 unspecified atom stereocenters. The molecule has 2 aliphatic heterocycles. The van der Waals surface area contributed by atoms with Crippen molar-refractivity contribution in [1.29, 1.82) is 0 Å². The normalized spacial score (nSPS) is 20.1. The van der Waals surface area contributed by atoms with Crippen LogP contribution in [0.3, 0.4) is 0 Å². The molecule has 138 valence electrons. The summed E-state index contributed by atoms with van der Waals surface area (Å²) >= 11 is 0. The summed E-state index contributed by atoms with van der Waals surface area (Å²) in [5.74, 6) is 0.119. The largest absolute Gasteiger partial charge is 0.459 e. The van der Waals surface area contributed by atoms with Gasteiger partial charge < -0.3 is 9.32 Å². The van der Waals surface area contributed by atoms with Gasteiger partial charge in [-0.05, 0) is 31.9 Å². The monoisotopic (exact) mass is 358 g/mol. The van der Waals surface area contributed by atoms with E-state index < -0.39 is 0 Å². The Labute approximate surface area is 151 Å². The van der Waals surface area contributed by atoms with E-state index in [1.165, 1.54) is 11.3 Å². The maximum absolute atomic E-state index is 12.8. The van der Waals surface area contributed by atoms with Crippen LogP contribution in [0.4, 0.5) is 0 Å². The molecule has 0 radical (unpaired) electrons. The second kappa shape index (κ2) is 6.95. The summed E-state index contributed by atoms with van der Waals surface area (Å²) in [7, 11) is 0. The lowest BCUT2D eigenvalue weighted by Gasteiger charge is -2.34. The van der Waals surface area contributed by atoms with E-state index in [1.54, 1.807) is 17.2 Å². The highest BCUT2D eigenvalue weighted by Crippen LogP contribution is 2.26. The number of nitrogens with zero attached hydrogens (tertiary/aromatic N) is 4. The minimum atomic E-state index is -0.217. The van der Waals surface area contributed by atoms with Crippen molar-refractivity contribution in [1.82, 2.24) is 19.7 Å². The van der Waals surface area contributed by atoms with E-state index in [4.69, 9.17) is 9.25 Å². The Kier molecular flexibility index (Phi) is 4.50. The molecule has 0 saturated carbocycles. The first kappa shape index (κ1) is 16.8. The van der Waals surface area contributed by atoms with Gasteiger partial charge in [-0.15, -0.1) is 0 Å². The molecule has 4 rings (SSSR count). The molecule has 8 nitrogen and oxygen atoms in total. The molecule has 1 atom stereocenters. The highest BCUT2D eigenvalue weighted by molar-refractivity contribution is 5.93. The Balaban J connectivity index is 1.52. The first-order valence-electron chi connectivity index (χ1n) is 8.92. The van der Waals surface area contributed by atoms with Crippen molar-refractivity contribution in [3.63, 3.8) is 0 Å². The summed E-state index contributed by atoms with van der Waals surface area (Å²) < 4.78 is 7.20. The van der Waals surface area contributed by atoms with Gasteiger partial charge in [0.2, 0.25) is 5.91 Å². The molecule has 2 amide bonds. The minimum absolute atomic E-state index is 0.0698. The van der Waals surface area contributed by atoms with Gasteiger partial charge in [0, 0.05) is 24.8 Å². The first-order chi connectivity index (χ1) is 12.6. The molecule has 4 heterocycles. The van der Waals surface area contributed by atoms with Crippen LogP contribution in [0.2, 0.25) is 0 Å². The molecule has 8 heteroatoms. The topological polar surface area (TPSA) is 80.8 Å². The molecule has 2 aromatic heterocycles. The maximum Gasteiger partial charge on any atom is 0.290 e. The fraction of sp³-hybridized carbons (Fsp3) is 0.500. The Hall–Kier alpha value is -2.61. The first-order valence-corrected chi connectivity index (χ1v) is 8.92. The third-order valence-corrected chi connectivity index (χ3v) is 4.92. The van der Waals surface area contributed by atoms with Gasteiger partial charge in [-0.2, -0.15) is 5.10 Å². The number of furan rings is 1. The zero-order valence-electron chi connectivity index (χ0n) is 14.8. The number of fused-ring (bicyclic) bond motifs is 1. The number of hydrogen-bond donors (Lipinski definition) is 0. The molecule has 2 aromatic rings. The van der Waals surface area contributed by atoms with Crippen molar-refractivity contribution >= 4 is 11.8 Å². The number of aromatic nitrogens is 2. The maximum atomic E-state index is 12.8. The van der Waals surface area contributed by atoms with Gasteiger partial charge in [0.25, 0.3) is 5.91 Å². The van der Waals surface area contributed by atoms with Crippen molar-refractivity contribution in [3.05, 3.63) is 41.6 Å². The van der Waals surface area contributed by atoms with Crippen LogP contribution in [0, 0.1) is 6.92 Å². The van der Waals surface area contributed by atoms with Crippen LogP contribution < -0.4 is 0 Å². The van der Waals surface area contributed by atoms with Gasteiger partial charge in [0.1, 0.15) is 0 Å². The molecule has 0 spiro atoms. The predicted octanol–water partition coefficient (Wildman–Crippen LogP) is 1.93. The number of carbonyl (C=O) groups excluding carboxylic acids is 2. The fourth-order valence-electron chi connectivity index (χ4n) is 3.53. The standard InChI is InChI=1S/C18H22N4O4/c1-13-5-9-25-17(13)18(24)20-11-14-4-6-19-22(14)15(12-20)10-16(23)21-7-2-3-8-26-21/h4-6,9,15H,2-3,7-8,10-12H2,1H3. The van der Waals surface area contributed by atoms with E-state index in [9.17, 15) is 9.59 Å². The van der Waals surface area contributed by atoms with Crippen LogP contribution >= 0.6 is 0 Å². The van der Waals surface area contributed by atoms with E-state index in [-0.39, 0.29) is 24.3 Å². The summed E-state index contributed by atoms with van der Waals surface area (Å²) in [6.45, 7) is 3.90. The van der Waals surface area contributed by atoms with Crippen molar-refractivity contribution < 1.29 is 18.8 Å². The Morgan fingerprint density at radius 1 is 1.31 bits per heavy atom. The summed E-state index contributed by atoms with van der Waals surface area (Å²) in [6.07, 6.45) is 5.39. The van der Waals surface area contributed by atoms with E-state index in [0.29, 0.717) is 32.0 Å². The number of aryl methyl sites for hydroxylation is 1. The fourth-order valence-corrected chi connectivity index (χ4v) is 3.53. The van der Waals surface area contributed by atoms with Crippen LogP contribution in [-0.4, -0.2) is 51.3 Å². The summed E-state index contributed by atoms with van der Waals surface area (Å²) in [4.78, 5) is 32.6. The van der Waals surface area contributed by atoms with Crippen molar-refractivity contribution in [2.75, 3.05) is 19.7 Å². The molecule has 0 aromatic carbocycles. The van der Waals surface area contributed by atoms with E-state index in [1.807, 2.05) is 17.7 Å². The summed E-state index contributed by atoms with van der Waals surface area (Å²) in [5, 5.41) is 5.80. The number of rotatable bonds is 3. The zero-order chi connectivity index (χ0) is 18.1. The van der Waals surface area contributed by atoms with E-state index in [2.05, 4.69) is 5.10 Å². The van der Waals surface area contributed by atoms with Gasteiger partial charge in [0.15, 0.2) is 5.76 Å². The van der Waals surface area contributed by atoms with Gasteiger partial charge in [0.05, 0.1) is 37.6 Å². The molecule has 26 heavy (non-hydrogen) atoms. The smallest absolute Gasteiger partial charge is 0.290 e. The number of hydroxylamine groups is 2. The average molecular weight is 358 g/mol. The molecule has 2 aliphatic rings. The summed E-state index contributed by atoms with van der Waals surface area (Å²) in [6, 6.07) is 3.44. The predicted molar refractivity (Wildman–Crippen MR) is 91.0 cm³/mol. The molecule has 1 saturated heterocycles. The lowest BCUT2D eigenvalue weighted by molar-refractivity contribution is -0.198. The van der Waals surface area contributed by atoms with Gasteiger partial charge in [-0.3, -0.25) is 19.1 Å². The molecular formula is C18H22N4O4. The Morgan fingerprint density at radius 3 is 2.92 bits per heavy atom. The van der Waals surface area contributed by atoms with Gasteiger partial charge >= 0.3 is 0 Å². The zero-order valence-corrected chi connectivity index (χ0v) is 14.8. The van der Waals surface area contributed by atoms with Crippen LogP contribution in [0.1, 0.15) is 47.1 Å². The summed E-state index contributed by atoms with van der Waals surface area (Å²) in [5.41, 5.74) is 1.72. The average Bonchev–Trinajstić information content (AvgIpc) is 3.30. The quantitative estimate of drug-likeness (QED) is 0.837. The SMILES string of the molecule is Cc1ccoc1C(=O)N1Cc2ccnn2C(CC(=O)N2CCCCO2)C1. The lowest BCUT2D eigenvalue weighted by Crippen LogP contribution is -2.44. The number of carbonyl (C=O) groups is 2. The van der Waals surface area contributed by atoms with Crippen molar-refractivity contribution in [2.45, 2.75) is 38.8 Å². The molecular weight excluding hydrogens is 336 g/mol. The van der Waals surface area contributed by atoms with Crippen molar-refractivity contribution in [2.24, 2.45) is 0 Å². The van der Waals surface area contributed by atoms with Gasteiger partial charge in [-0.1, -0.05) is 0 Å². The third-order valence-electron chi connectivity index (χ3n) is 4.92.